The predicted molar refractivity (Wildman–Crippen MR) is 346 cm³/mol. The molecule has 12 heteroatoms. The van der Waals surface area contributed by atoms with Crippen LogP contribution in [-0.2, 0) is 10.8 Å². The summed E-state index contributed by atoms with van der Waals surface area (Å²) in [6, 6.07) is 74.1. The summed E-state index contributed by atoms with van der Waals surface area (Å²) in [4.78, 5) is 25.4. The van der Waals surface area contributed by atoms with Crippen molar-refractivity contribution in [2.45, 2.75) is 52.4 Å². The smallest absolute Gasteiger partial charge is 0.328 e. The van der Waals surface area contributed by atoms with Gasteiger partial charge in [-0.2, -0.15) is 5.26 Å². The first kappa shape index (κ1) is 53.7. The Bertz CT molecular complexity index is 4240. The van der Waals surface area contributed by atoms with E-state index in [1.54, 1.807) is 12.4 Å². The van der Waals surface area contributed by atoms with Crippen LogP contribution in [0.5, 0.6) is 0 Å². The number of benzene rings is 8. The Morgan fingerprint density at radius 1 is 0.476 bits per heavy atom. The topological polar surface area (TPSA) is 89.6 Å². The van der Waals surface area contributed by atoms with Crippen molar-refractivity contribution in [1.29, 1.82) is 5.26 Å². The van der Waals surface area contributed by atoms with Crippen molar-refractivity contribution in [3.63, 3.8) is 0 Å². The lowest BCUT2D eigenvalue weighted by Gasteiger charge is -2.25. The Hall–Kier alpha value is -8.93. The molecule has 0 aliphatic rings. The molecule has 0 amide bonds. The average Bonchev–Trinajstić information content (AvgIpc) is 3.43. The van der Waals surface area contributed by atoms with Crippen LogP contribution in [0.1, 0.15) is 64.1 Å². The molecule has 0 aliphatic heterocycles. The van der Waals surface area contributed by atoms with Gasteiger partial charge in [0.05, 0.1) is 34.8 Å². The molecule has 0 saturated heterocycles. The first-order valence-electron chi connectivity index (χ1n) is 27.3. The van der Waals surface area contributed by atoms with Crippen molar-refractivity contribution in [3.8, 4) is 28.6 Å². The molecule has 0 N–H and O–H groups in total. The molecule has 0 saturated carbocycles. The van der Waals surface area contributed by atoms with Crippen LogP contribution < -0.4 is 32.5 Å². The number of nitrogens with zero attached hydrogens (tertiary/aromatic N) is 8. The quantitative estimate of drug-likeness (QED) is 0.101. The average molecular weight is 1190 g/mol. The highest BCUT2D eigenvalue weighted by Crippen LogP contribution is 2.39. The molecule has 0 atom stereocenters. The van der Waals surface area contributed by atoms with Crippen molar-refractivity contribution in [2.24, 2.45) is 0 Å². The molecule has 0 spiro atoms. The molecule has 8 nitrogen and oxygen atoms in total. The monoisotopic (exact) mass is 1190 g/mol. The third-order valence-electron chi connectivity index (χ3n) is 15.4. The van der Waals surface area contributed by atoms with E-state index >= 15 is 0 Å². The van der Waals surface area contributed by atoms with Gasteiger partial charge < -0.3 is 8.96 Å². The van der Waals surface area contributed by atoms with E-state index < -0.39 is 13.7 Å². The first-order valence-corrected chi connectivity index (χ1v) is 28.9. The van der Waals surface area contributed by atoms with Crippen molar-refractivity contribution in [2.75, 3.05) is 0 Å². The van der Waals surface area contributed by atoms with Crippen molar-refractivity contribution in [3.05, 3.63) is 272 Å². The fourth-order valence-corrected chi connectivity index (χ4v) is 12.3. The molecule has 82 heavy (non-hydrogen) atoms. The van der Waals surface area contributed by atoms with Crippen LogP contribution >= 0.6 is 31.9 Å². The highest BCUT2D eigenvalue weighted by Gasteiger charge is 2.38. The van der Waals surface area contributed by atoms with Crippen LogP contribution in [0.2, 0.25) is 0 Å². The van der Waals surface area contributed by atoms with Gasteiger partial charge in [0.15, 0.2) is 0 Å². The van der Waals surface area contributed by atoms with Crippen molar-refractivity contribution >= 4 is 112 Å². The van der Waals surface area contributed by atoms with Crippen LogP contribution in [0.15, 0.2) is 228 Å². The zero-order chi connectivity index (χ0) is 56.9. The number of rotatable bonds is 10. The molecule has 0 aliphatic carbocycles. The zero-order valence-electron chi connectivity index (χ0n) is 46.3. The molecule has 0 radical (unpaired) electrons. The van der Waals surface area contributed by atoms with E-state index in [0.717, 1.165) is 75.2 Å². The number of hydrogen-bond donors (Lipinski definition) is 0. The number of aromatic nitrogens is 6. The predicted octanol–water partition coefficient (Wildman–Crippen LogP) is 12.9. The van der Waals surface area contributed by atoms with E-state index in [1.165, 1.54) is 0 Å². The normalized spacial score (nSPS) is 12.5. The molecule has 394 valence electrons. The highest BCUT2D eigenvalue weighted by atomic mass is 79.9. The third-order valence-corrected chi connectivity index (χ3v) is 16.7. The van der Waals surface area contributed by atoms with E-state index in [0.29, 0.717) is 49.7 Å². The number of para-hydroxylation sites is 2. The summed E-state index contributed by atoms with van der Waals surface area (Å²) >= 11 is 7.61. The second-order valence-electron chi connectivity index (χ2n) is 22.7. The third kappa shape index (κ3) is 9.76. The summed E-state index contributed by atoms with van der Waals surface area (Å²) in [6.45, 7) is 21.9. The summed E-state index contributed by atoms with van der Waals surface area (Å²) < 4.78 is 6.23. The van der Waals surface area contributed by atoms with Crippen molar-refractivity contribution < 1.29 is 0 Å². The largest absolute Gasteiger partial charge is 0.384 e. The standard InChI is InChI=1S/C70H54B2Br2N8/c1-69(2,3)47-38-34-45(35-39-47)65-60-61(68(64(76-7)59-44-78-57-33-21-31-55(74)63(57)80-59)82(65)72(51-26-16-10-17-27-51)52-28-18-11-19-29-52)66(46-36-40-48(41-37-46)70(4,5)6)81(71(49-22-12-8-13-23-49)50-24-14-9-15-25-50)67(60)53(42-75)58-43-77-56-32-20-30-54(73)62(56)79-58/h8-41,43-44H,1-6H3/b67-53-,68-64+. The van der Waals surface area contributed by atoms with Gasteiger partial charge in [-0.1, -0.05) is 245 Å². The maximum absolute atomic E-state index is 12.4. The van der Waals surface area contributed by atoms with Gasteiger partial charge in [0.2, 0.25) is 5.70 Å². The van der Waals surface area contributed by atoms with Gasteiger partial charge in [-0.3, -0.25) is 15.0 Å². The fraction of sp³-hybridized carbons (Fsp3) is 0.114. The van der Waals surface area contributed by atoms with Gasteiger partial charge in [0.25, 0.3) is 0 Å². The van der Waals surface area contributed by atoms with E-state index in [1.807, 2.05) is 60.7 Å². The second-order valence-corrected chi connectivity index (χ2v) is 24.4. The molecular formula is C70H54B2Br2N8. The SMILES string of the molecule is [C-]#[N+]/C(c1cnc2cccc(Br)c2n1)=c1\c2c(-c3ccc(C(C)(C)C)cc3)n(B(c3ccccc3)c3ccccc3)/c(=C(/C#N)c3cnc4cccc(Br)c4n3)c2c(-c2ccc(C(C)(C)C)cc2)n1B(c1ccccc1)c1ccccc1. The Balaban J connectivity index is 1.46. The number of fused-ring (bicyclic) bond motifs is 3. The fourth-order valence-electron chi connectivity index (χ4n) is 11.4. The number of hydrogen-bond acceptors (Lipinski definition) is 5. The zero-order valence-corrected chi connectivity index (χ0v) is 49.4. The van der Waals surface area contributed by atoms with Gasteiger partial charge >= 0.3 is 13.7 Å². The number of nitriles is 1. The highest BCUT2D eigenvalue weighted by molar-refractivity contribution is 9.11. The maximum Gasteiger partial charge on any atom is 0.328 e. The molecule has 12 aromatic rings. The van der Waals surface area contributed by atoms with E-state index in [9.17, 15) is 11.8 Å². The van der Waals surface area contributed by atoms with Gasteiger partial charge in [-0.15, -0.1) is 0 Å². The van der Waals surface area contributed by atoms with E-state index in [2.05, 4.69) is 239 Å². The van der Waals surface area contributed by atoms with E-state index in [-0.39, 0.29) is 16.5 Å². The number of halogens is 2. The van der Waals surface area contributed by atoms with Gasteiger partial charge in [-0.05, 0) is 89.2 Å². The van der Waals surface area contributed by atoms with Gasteiger partial charge in [0, 0.05) is 42.7 Å². The molecule has 0 bridgehead atoms. The minimum atomic E-state index is -0.546. The lowest BCUT2D eigenvalue weighted by molar-refractivity contribution is 0.590. The van der Waals surface area contributed by atoms with Crippen LogP contribution in [0.25, 0.3) is 71.5 Å². The van der Waals surface area contributed by atoms with E-state index in [4.69, 9.17) is 19.9 Å². The lowest BCUT2D eigenvalue weighted by atomic mass is 9.50. The second kappa shape index (κ2) is 21.9. The van der Waals surface area contributed by atoms with Crippen LogP contribution in [-0.4, -0.2) is 42.6 Å². The summed E-state index contributed by atoms with van der Waals surface area (Å²) in [5.41, 5.74) is 13.3. The maximum atomic E-state index is 12.4. The molecule has 4 heterocycles. The molecule has 0 unspecified atom stereocenters. The molecular weight excluding hydrogens is 1130 g/mol. The molecule has 0 fully saturated rings. The molecule has 12 rings (SSSR count). The Morgan fingerprint density at radius 2 is 0.841 bits per heavy atom. The summed E-state index contributed by atoms with van der Waals surface area (Å²) in [5.74, 6) is 0. The molecule has 8 aromatic carbocycles. The van der Waals surface area contributed by atoms with Crippen LogP contribution in [0.4, 0.5) is 0 Å². The van der Waals surface area contributed by atoms with Crippen molar-refractivity contribution in [1.82, 2.24) is 28.9 Å². The lowest BCUT2D eigenvalue weighted by Crippen LogP contribution is -2.54. The van der Waals surface area contributed by atoms with Gasteiger partial charge in [-0.25, -0.2) is 9.83 Å². The van der Waals surface area contributed by atoms with Crippen LogP contribution in [0.3, 0.4) is 0 Å². The summed E-state index contributed by atoms with van der Waals surface area (Å²) in [7, 11) is 0. The Labute approximate surface area is 495 Å². The van der Waals surface area contributed by atoms with Crippen LogP contribution in [0, 0.1) is 17.9 Å². The molecule has 4 aromatic heterocycles. The summed E-state index contributed by atoms with van der Waals surface area (Å²) in [5, 5.41) is 15.1. The minimum absolute atomic E-state index is 0.171. The first-order chi connectivity index (χ1) is 39.7. The Morgan fingerprint density at radius 3 is 1.22 bits per heavy atom. The van der Waals surface area contributed by atoms with Gasteiger partial charge in [0.1, 0.15) is 28.4 Å². The minimum Gasteiger partial charge on any atom is -0.384 e. The Kier molecular flexibility index (Phi) is 14.3. The summed E-state index contributed by atoms with van der Waals surface area (Å²) in [6.07, 6.45) is 3.45.